The Morgan fingerprint density at radius 1 is 1.50 bits per heavy atom. The average Bonchev–Trinajstić information content (AvgIpc) is 2.05. The predicted molar refractivity (Wildman–Crippen MR) is 56.9 cm³/mol. The number of aliphatic hydroxyl groups is 1. The Balaban J connectivity index is 0.00000121. The van der Waals surface area contributed by atoms with Gasteiger partial charge in [-0.2, -0.15) is 13.5 Å². The van der Waals surface area contributed by atoms with Crippen molar-refractivity contribution in [1.29, 1.82) is 0 Å². The van der Waals surface area contributed by atoms with Crippen molar-refractivity contribution in [3.63, 3.8) is 0 Å². The number of hydrogen-bond donors (Lipinski definition) is 1. The molecule has 12 heavy (non-hydrogen) atoms. The molecule has 0 amide bonds. The van der Waals surface area contributed by atoms with Crippen molar-refractivity contribution in [2.75, 3.05) is 19.7 Å². The van der Waals surface area contributed by atoms with E-state index in [9.17, 15) is 0 Å². The van der Waals surface area contributed by atoms with Gasteiger partial charge in [-0.3, -0.25) is 0 Å². The lowest BCUT2D eigenvalue weighted by atomic mass is 9.98. The summed E-state index contributed by atoms with van der Waals surface area (Å²) in [6, 6.07) is 0.643. The molecule has 1 fully saturated rings. The maximum absolute atomic E-state index is 8.96. The first-order valence-electron chi connectivity index (χ1n) is 4.59. The molecular weight excluding hydrogens is 170 g/mol. The van der Waals surface area contributed by atoms with Crippen LogP contribution in [0, 0.1) is 5.92 Å². The molecule has 0 aromatic heterocycles. The summed E-state index contributed by atoms with van der Waals surface area (Å²) in [4.78, 5) is 2.45. The first-order valence-corrected chi connectivity index (χ1v) is 4.59. The third kappa shape index (κ3) is 3.33. The van der Waals surface area contributed by atoms with Gasteiger partial charge >= 0.3 is 0 Å². The van der Waals surface area contributed by atoms with Gasteiger partial charge in [-0.1, -0.05) is 0 Å². The molecule has 1 rings (SSSR count). The highest BCUT2D eigenvalue weighted by atomic mass is 32.1. The van der Waals surface area contributed by atoms with Crippen LogP contribution in [0.15, 0.2) is 0 Å². The molecule has 0 saturated carbocycles. The van der Waals surface area contributed by atoms with Crippen LogP contribution in [-0.2, 0) is 0 Å². The second kappa shape index (κ2) is 5.84. The van der Waals surface area contributed by atoms with Gasteiger partial charge in [-0.25, -0.2) is 0 Å². The molecule has 0 spiro atoms. The van der Waals surface area contributed by atoms with E-state index in [2.05, 4.69) is 18.7 Å². The second-order valence-electron chi connectivity index (χ2n) is 3.78. The molecule has 1 aliphatic rings. The van der Waals surface area contributed by atoms with Crippen molar-refractivity contribution in [1.82, 2.24) is 4.90 Å². The van der Waals surface area contributed by atoms with Crippen molar-refractivity contribution in [2.45, 2.75) is 32.7 Å². The van der Waals surface area contributed by atoms with Crippen molar-refractivity contribution in [3.8, 4) is 0 Å². The van der Waals surface area contributed by atoms with E-state index in [1.807, 2.05) is 0 Å². The van der Waals surface area contributed by atoms with Gasteiger partial charge < -0.3 is 10.0 Å². The molecule has 3 heteroatoms. The van der Waals surface area contributed by atoms with Crippen LogP contribution in [0.4, 0.5) is 0 Å². The van der Waals surface area contributed by atoms with Crippen molar-refractivity contribution in [2.24, 2.45) is 5.92 Å². The normalized spacial score (nSPS) is 25.5. The number of nitrogens with zero attached hydrogens (tertiary/aromatic N) is 1. The van der Waals surface area contributed by atoms with Gasteiger partial charge in [0.05, 0.1) is 0 Å². The lowest BCUT2D eigenvalue weighted by molar-refractivity contribution is 0.0993. The molecule has 1 aliphatic heterocycles. The van der Waals surface area contributed by atoms with E-state index >= 15 is 0 Å². The van der Waals surface area contributed by atoms with Gasteiger partial charge in [0.1, 0.15) is 0 Å². The molecule has 0 aromatic carbocycles. The van der Waals surface area contributed by atoms with E-state index in [0.29, 0.717) is 18.6 Å². The molecule has 1 heterocycles. The SMILES string of the molecule is CC(C)N1CCC[C@H](CO)C1.S. The first-order chi connectivity index (χ1) is 5.24. The Morgan fingerprint density at radius 2 is 2.17 bits per heavy atom. The minimum Gasteiger partial charge on any atom is -0.396 e. The monoisotopic (exact) mass is 191 g/mol. The van der Waals surface area contributed by atoms with E-state index < -0.39 is 0 Å². The van der Waals surface area contributed by atoms with Gasteiger partial charge in [0.25, 0.3) is 0 Å². The molecule has 0 aliphatic carbocycles. The minimum absolute atomic E-state index is 0. The maximum Gasteiger partial charge on any atom is 0.0471 e. The summed E-state index contributed by atoms with van der Waals surface area (Å²) in [6.07, 6.45) is 2.46. The summed E-state index contributed by atoms with van der Waals surface area (Å²) >= 11 is 0. The number of rotatable bonds is 2. The fourth-order valence-electron chi connectivity index (χ4n) is 1.72. The van der Waals surface area contributed by atoms with Crippen LogP contribution in [0.25, 0.3) is 0 Å². The summed E-state index contributed by atoms with van der Waals surface area (Å²) < 4.78 is 0. The standard InChI is InChI=1S/C9H19NO.H2S/c1-8(2)10-5-3-4-9(6-10)7-11;/h8-9,11H,3-7H2,1-2H3;1H2/t9-;/m0./s1. The highest BCUT2D eigenvalue weighted by molar-refractivity contribution is 7.59. The molecule has 74 valence electrons. The molecule has 0 bridgehead atoms. The zero-order chi connectivity index (χ0) is 8.27. The van der Waals surface area contributed by atoms with Crippen LogP contribution in [-0.4, -0.2) is 35.7 Å². The van der Waals surface area contributed by atoms with Crippen molar-refractivity contribution >= 4 is 13.5 Å². The Kier molecular flexibility index (Phi) is 5.97. The van der Waals surface area contributed by atoms with Crippen molar-refractivity contribution in [3.05, 3.63) is 0 Å². The summed E-state index contributed by atoms with van der Waals surface area (Å²) in [5, 5.41) is 8.96. The molecular formula is C9H21NOS. The molecule has 0 unspecified atom stereocenters. The summed E-state index contributed by atoms with van der Waals surface area (Å²) in [7, 11) is 0. The summed E-state index contributed by atoms with van der Waals surface area (Å²) in [5.41, 5.74) is 0. The highest BCUT2D eigenvalue weighted by Gasteiger charge is 2.20. The quantitative estimate of drug-likeness (QED) is 0.709. The van der Waals surface area contributed by atoms with Gasteiger partial charge in [0.15, 0.2) is 0 Å². The van der Waals surface area contributed by atoms with Gasteiger partial charge in [-0.05, 0) is 39.2 Å². The Labute approximate surface area is 82.4 Å². The van der Waals surface area contributed by atoms with E-state index in [4.69, 9.17) is 5.11 Å². The fourth-order valence-corrected chi connectivity index (χ4v) is 1.72. The zero-order valence-electron chi connectivity index (χ0n) is 8.08. The topological polar surface area (TPSA) is 23.5 Å². The van der Waals surface area contributed by atoms with Crippen LogP contribution in [0.1, 0.15) is 26.7 Å². The number of piperidine rings is 1. The summed E-state index contributed by atoms with van der Waals surface area (Å²) in [5.74, 6) is 0.533. The van der Waals surface area contributed by atoms with E-state index in [1.54, 1.807) is 0 Å². The van der Waals surface area contributed by atoms with Crippen molar-refractivity contribution < 1.29 is 5.11 Å². The molecule has 1 atom stereocenters. The highest BCUT2D eigenvalue weighted by Crippen LogP contribution is 2.17. The third-order valence-corrected chi connectivity index (χ3v) is 2.54. The lowest BCUT2D eigenvalue weighted by Crippen LogP contribution is -2.40. The van der Waals surface area contributed by atoms with E-state index in [0.717, 1.165) is 6.54 Å². The Hall–Kier alpha value is 0.270. The first kappa shape index (κ1) is 12.3. The zero-order valence-corrected chi connectivity index (χ0v) is 9.08. The van der Waals surface area contributed by atoms with Crippen LogP contribution < -0.4 is 0 Å². The van der Waals surface area contributed by atoms with Gasteiger partial charge in [-0.15, -0.1) is 0 Å². The minimum atomic E-state index is 0. The fraction of sp³-hybridized carbons (Fsp3) is 1.00. The van der Waals surface area contributed by atoms with Crippen LogP contribution in [0.5, 0.6) is 0 Å². The van der Waals surface area contributed by atoms with Crippen LogP contribution in [0.2, 0.25) is 0 Å². The maximum atomic E-state index is 8.96. The number of aliphatic hydroxyl groups excluding tert-OH is 1. The lowest BCUT2D eigenvalue weighted by Gasteiger charge is -2.34. The third-order valence-electron chi connectivity index (χ3n) is 2.54. The predicted octanol–water partition coefficient (Wildman–Crippen LogP) is 1.21. The summed E-state index contributed by atoms with van der Waals surface area (Å²) in [6.45, 7) is 7.12. The smallest absolute Gasteiger partial charge is 0.0471 e. The Bertz CT molecular complexity index is 119. The number of likely N-dealkylation sites (tertiary alicyclic amines) is 1. The number of hydrogen-bond acceptors (Lipinski definition) is 2. The molecule has 1 saturated heterocycles. The Morgan fingerprint density at radius 3 is 2.67 bits per heavy atom. The molecule has 0 radical (unpaired) electrons. The van der Waals surface area contributed by atoms with Crippen LogP contribution in [0.3, 0.4) is 0 Å². The molecule has 2 nitrogen and oxygen atoms in total. The average molecular weight is 191 g/mol. The van der Waals surface area contributed by atoms with E-state index in [-0.39, 0.29) is 13.5 Å². The molecule has 0 aromatic rings. The van der Waals surface area contributed by atoms with Gasteiger partial charge in [0, 0.05) is 19.2 Å². The second-order valence-corrected chi connectivity index (χ2v) is 3.78. The van der Waals surface area contributed by atoms with E-state index in [1.165, 1.54) is 19.4 Å². The largest absolute Gasteiger partial charge is 0.396 e. The van der Waals surface area contributed by atoms with Gasteiger partial charge in [0.2, 0.25) is 0 Å². The van der Waals surface area contributed by atoms with Crippen LogP contribution >= 0.6 is 13.5 Å². The molecule has 1 N–H and O–H groups in total.